The number of halogens is 2. The molecule has 2 N–H and O–H groups in total. The second-order valence-electron chi connectivity index (χ2n) is 4.91. The van der Waals surface area contributed by atoms with Crippen LogP contribution in [0.2, 0.25) is 0 Å². The first-order chi connectivity index (χ1) is 12.0. The van der Waals surface area contributed by atoms with E-state index in [2.05, 4.69) is 47.2 Å². The quantitative estimate of drug-likeness (QED) is 0.415. The molecular weight excluding hydrogens is 472 g/mol. The van der Waals surface area contributed by atoms with Crippen molar-refractivity contribution in [1.29, 1.82) is 0 Å². The maximum absolute atomic E-state index is 9.98. The van der Waals surface area contributed by atoms with Crippen LogP contribution in [0.4, 0.5) is 0 Å². The molecule has 0 saturated carbocycles. The number of phenols is 1. The van der Waals surface area contributed by atoms with Crippen molar-refractivity contribution in [1.82, 2.24) is 14.9 Å². The molecule has 0 aliphatic heterocycles. The van der Waals surface area contributed by atoms with E-state index in [4.69, 9.17) is 17.0 Å². The number of hydrogen-bond acceptors (Lipinski definition) is 5. The van der Waals surface area contributed by atoms with E-state index in [-0.39, 0.29) is 5.75 Å². The number of aromatic amines is 1. The van der Waals surface area contributed by atoms with E-state index in [9.17, 15) is 5.11 Å². The average molecular weight is 484 g/mol. The number of aromatic nitrogens is 3. The Labute approximate surface area is 165 Å². The topological polar surface area (TPSA) is 75.4 Å². The molecule has 0 saturated heterocycles. The summed E-state index contributed by atoms with van der Waals surface area (Å²) in [5, 5.41) is 21.4. The summed E-state index contributed by atoms with van der Waals surface area (Å²) >= 11 is 11.9. The molecule has 0 amide bonds. The summed E-state index contributed by atoms with van der Waals surface area (Å²) in [6.45, 7) is 0. The lowest BCUT2D eigenvalue weighted by atomic mass is 10.2. The lowest BCUT2D eigenvalue weighted by molar-refractivity contribution is 0.416. The van der Waals surface area contributed by atoms with Gasteiger partial charge in [0.2, 0.25) is 4.77 Å². The molecule has 0 unspecified atom stereocenters. The van der Waals surface area contributed by atoms with Crippen LogP contribution in [0.25, 0.3) is 11.4 Å². The third-order valence-corrected chi connectivity index (χ3v) is 5.14. The molecule has 128 valence electrons. The molecule has 25 heavy (non-hydrogen) atoms. The van der Waals surface area contributed by atoms with E-state index < -0.39 is 0 Å². The number of nitrogens with one attached hydrogen (secondary N) is 1. The molecule has 0 atom stereocenters. The molecular formula is C16H12Br2N4O2S. The van der Waals surface area contributed by atoms with Crippen molar-refractivity contribution in [2.45, 2.75) is 0 Å². The minimum atomic E-state index is 0.102. The number of H-pyrrole nitrogens is 1. The van der Waals surface area contributed by atoms with Crippen LogP contribution in [0, 0.1) is 4.77 Å². The molecule has 0 bridgehead atoms. The van der Waals surface area contributed by atoms with Crippen molar-refractivity contribution in [2.24, 2.45) is 5.10 Å². The second kappa shape index (κ2) is 7.51. The minimum Gasteiger partial charge on any atom is -0.506 e. The Kier molecular flexibility index (Phi) is 5.36. The van der Waals surface area contributed by atoms with Gasteiger partial charge in [-0.15, -0.1) is 0 Å². The van der Waals surface area contributed by atoms with Crippen LogP contribution < -0.4 is 4.74 Å². The highest BCUT2D eigenvalue weighted by molar-refractivity contribution is 9.11. The first-order valence-electron chi connectivity index (χ1n) is 7.05. The van der Waals surface area contributed by atoms with Gasteiger partial charge in [0.1, 0.15) is 11.5 Å². The number of methoxy groups -OCH3 is 1. The van der Waals surface area contributed by atoms with Gasteiger partial charge in [0.15, 0.2) is 5.82 Å². The zero-order valence-corrected chi connectivity index (χ0v) is 16.9. The normalized spacial score (nSPS) is 11.2. The molecule has 0 aliphatic rings. The molecule has 0 fully saturated rings. The van der Waals surface area contributed by atoms with Gasteiger partial charge in [0, 0.05) is 5.56 Å². The van der Waals surface area contributed by atoms with Gasteiger partial charge in [0.05, 0.1) is 27.8 Å². The number of benzene rings is 2. The van der Waals surface area contributed by atoms with Gasteiger partial charge in [0.25, 0.3) is 0 Å². The van der Waals surface area contributed by atoms with Gasteiger partial charge in [-0.1, -0.05) is 18.2 Å². The first kappa shape index (κ1) is 17.8. The van der Waals surface area contributed by atoms with E-state index in [1.807, 2.05) is 30.3 Å². The molecule has 9 heteroatoms. The van der Waals surface area contributed by atoms with E-state index in [1.54, 1.807) is 19.4 Å². The Morgan fingerprint density at radius 2 is 2.04 bits per heavy atom. The Hall–Kier alpha value is -1.97. The largest absolute Gasteiger partial charge is 0.506 e. The zero-order chi connectivity index (χ0) is 18.0. The molecule has 0 radical (unpaired) electrons. The fourth-order valence-electron chi connectivity index (χ4n) is 2.18. The highest BCUT2D eigenvalue weighted by atomic mass is 79.9. The molecule has 3 rings (SSSR count). The van der Waals surface area contributed by atoms with Crippen molar-refractivity contribution in [2.75, 3.05) is 7.11 Å². The van der Waals surface area contributed by atoms with Gasteiger partial charge in [-0.05, 0) is 62.3 Å². The number of hydrogen-bond donors (Lipinski definition) is 2. The highest BCUT2D eigenvalue weighted by Gasteiger charge is 2.13. The molecule has 0 spiro atoms. The standard InChI is InChI=1S/C16H12Br2N4O2S/c1-24-12-5-3-2-4-10(12)15-20-21-16(25)22(15)19-8-9-6-7-11(17)14(23)13(9)18/h2-8,23H,1H3,(H,21,25)/b19-8+. The predicted octanol–water partition coefficient (Wildman–Crippen LogP) is 4.73. The van der Waals surface area contributed by atoms with Crippen molar-refractivity contribution < 1.29 is 9.84 Å². The summed E-state index contributed by atoms with van der Waals surface area (Å²) in [6.07, 6.45) is 1.58. The molecule has 2 aromatic carbocycles. The predicted molar refractivity (Wildman–Crippen MR) is 106 cm³/mol. The van der Waals surface area contributed by atoms with Crippen molar-refractivity contribution in [3.8, 4) is 22.9 Å². The maximum Gasteiger partial charge on any atom is 0.216 e. The lowest BCUT2D eigenvalue weighted by Gasteiger charge is -2.07. The van der Waals surface area contributed by atoms with Crippen LogP contribution in [-0.2, 0) is 0 Å². The summed E-state index contributed by atoms with van der Waals surface area (Å²) < 4.78 is 8.33. The van der Waals surface area contributed by atoms with E-state index in [0.717, 1.165) is 5.56 Å². The van der Waals surface area contributed by atoms with Gasteiger partial charge in [-0.2, -0.15) is 14.9 Å². The van der Waals surface area contributed by atoms with Crippen LogP contribution >= 0.6 is 44.1 Å². The van der Waals surface area contributed by atoms with Crippen molar-refractivity contribution >= 4 is 50.3 Å². The van der Waals surface area contributed by atoms with E-state index in [1.165, 1.54) is 4.68 Å². The number of nitrogens with zero attached hydrogens (tertiary/aromatic N) is 3. The summed E-state index contributed by atoms with van der Waals surface area (Å²) in [6, 6.07) is 11.0. The molecule has 6 nitrogen and oxygen atoms in total. The monoisotopic (exact) mass is 482 g/mol. The van der Waals surface area contributed by atoms with Crippen LogP contribution in [0.15, 0.2) is 50.4 Å². The van der Waals surface area contributed by atoms with Gasteiger partial charge < -0.3 is 9.84 Å². The summed E-state index contributed by atoms with van der Waals surface area (Å²) in [5.41, 5.74) is 1.45. The highest BCUT2D eigenvalue weighted by Crippen LogP contribution is 2.34. The Balaban J connectivity index is 2.07. The lowest BCUT2D eigenvalue weighted by Crippen LogP contribution is -1.97. The molecule has 0 aliphatic carbocycles. The van der Waals surface area contributed by atoms with Crippen molar-refractivity contribution in [3.05, 3.63) is 55.7 Å². The Morgan fingerprint density at radius 1 is 1.28 bits per heavy atom. The van der Waals surface area contributed by atoms with Crippen LogP contribution in [0.3, 0.4) is 0 Å². The Morgan fingerprint density at radius 3 is 2.80 bits per heavy atom. The van der Waals surface area contributed by atoms with E-state index in [0.29, 0.717) is 30.9 Å². The third kappa shape index (κ3) is 3.53. The zero-order valence-electron chi connectivity index (χ0n) is 12.9. The van der Waals surface area contributed by atoms with E-state index >= 15 is 0 Å². The molecule has 1 aromatic heterocycles. The minimum absolute atomic E-state index is 0.102. The summed E-state index contributed by atoms with van der Waals surface area (Å²) in [5.74, 6) is 1.29. The SMILES string of the molecule is COc1ccccc1-c1n[nH]c(=S)n1/N=C/c1ccc(Br)c(O)c1Br. The fourth-order valence-corrected chi connectivity index (χ4v) is 3.40. The van der Waals surface area contributed by atoms with Crippen molar-refractivity contribution in [3.63, 3.8) is 0 Å². The number of phenolic OH excluding ortho intramolecular Hbond substituents is 1. The maximum atomic E-state index is 9.98. The van der Waals surface area contributed by atoms with Crippen LogP contribution in [-0.4, -0.2) is 33.3 Å². The second-order valence-corrected chi connectivity index (χ2v) is 6.94. The molecule has 3 aromatic rings. The smallest absolute Gasteiger partial charge is 0.216 e. The number of ether oxygens (including phenoxy) is 1. The first-order valence-corrected chi connectivity index (χ1v) is 9.04. The number of rotatable bonds is 4. The van der Waals surface area contributed by atoms with Gasteiger partial charge in [-0.25, -0.2) is 5.10 Å². The van der Waals surface area contributed by atoms with Crippen LogP contribution in [0.5, 0.6) is 11.5 Å². The average Bonchev–Trinajstić information content (AvgIpc) is 2.99. The number of para-hydroxylation sites is 1. The van der Waals surface area contributed by atoms with Gasteiger partial charge in [-0.3, -0.25) is 0 Å². The summed E-state index contributed by atoms with van der Waals surface area (Å²) in [4.78, 5) is 0. The van der Waals surface area contributed by atoms with Crippen LogP contribution in [0.1, 0.15) is 5.56 Å². The Bertz CT molecular complexity index is 1010. The summed E-state index contributed by atoms with van der Waals surface area (Å²) in [7, 11) is 1.59. The van der Waals surface area contributed by atoms with Gasteiger partial charge >= 0.3 is 0 Å². The number of aromatic hydroxyl groups is 1. The third-order valence-electron chi connectivity index (χ3n) is 3.41. The fraction of sp³-hybridized carbons (Fsp3) is 0.0625. The molecule has 1 heterocycles.